The van der Waals surface area contributed by atoms with Crippen molar-refractivity contribution in [1.82, 2.24) is 0 Å². The molecule has 0 spiro atoms. The molecule has 2 atom stereocenters. The average molecular weight is 168 g/mol. The molecule has 72 valence electrons. The van der Waals surface area contributed by atoms with E-state index in [1.165, 1.54) is 25.7 Å². The average Bonchev–Trinajstić information content (AvgIpc) is 2.02. The van der Waals surface area contributed by atoms with Gasteiger partial charge in [-0.2, -0.15) is 0 Å². The second-order valence-electron chi connectivity index (χ2n) is 5.71. The van der Waals surface area contributed by atoms with Gasteiger partial charge in [0.1, 0.15) is 0 Å². The third-order valence-electron chi connectivity index (χ3n) is 4.09. The molecule has 1 rings (SSSR count). The van der Waals surface area contributed by atoms with Crippen LogP contribution in [0.4, 0.5) is 0 Å². The smallest absolute Gasteiger partial charge is 0.0272 e. The van der Waals surface area contributed by atoms with E-state index < -0.39 is 0 Å². The summed E-state index contributed by atoms with van der Waals surface area (Å²) in [7, 11) is 0. The fraction of sp³-hybridized carbons (Fsp3) is 1.00. The normalized spacial score (nSPS) is 40.2. The molecule has 0 aromatic carbocycles. The van der Waals surface area contributed by atoms with Gasteiger partial charge in [-0.25, -0.2) is 0 Å². The zero-order valence-electron chi connectivity index (χ0n) is 9.41. The minimum atomic E-state index is 0.572. The lowest BCUT2D eigenvalue weighted by atomic mass is 9.67. The summed E-state index contributed by atoms with van der Waals surface area (Å²) in [6.07, 6.45) is 5.61. The topological polar surface area (TPSA) is 0 Å². The van der Waals surface area contributed by atoms with Crippen molar-refractivity contribution in [1.29, 1.82) is 0 Å². The van der Waals surface area contributed by atoms with Crippen molar-refractivity contribution >= 4 is 0 Å². The summed E-state index contributed by atoms with van der Waals surface area (Å²) in [6, 6.07) is 0. The number of rotatable bonds is 2. The minimum Gasteiger partial charge on any atom is -0.0654 e. The maximum atomic E-state index is 2.49. The molecule has 2 unspecified atom stereocenters. The molecule has 1 aliphatic carbocycles. The van der Waals surface area contributed by atoms with Crippen LogP contribution < -0.4 is 0 Å². The zero-order chi connectivity index (χ0) is 9.41. The van der Waals surface area contributed by atoms with E-state index in [9.17, 15) is 0 Å². The van der Waals surface area contributed by atoms with Gasteiger partial charge in [-0.1, -0.05) is 41.0 Å². The van der Waals surface area contributed by atoms with Crippen molar-refractivity contribution in [2.75, 3.05) is 0 Å². The molecule has 0 aliphatic heterocycles. The first-order chi connectivity index (χ1) is 5.41. The van der Waals surface area contributed by atoms with E-state index in [-0.39, 0.29) is 0 Å². The fourth-order valence-electron chi connectivity index (χ4n) is 3.23. The Morgan fingerprint density at radius 2 is 1.75 bits per heavy atom. The van der Waals surface area contributed by atoms with Crippen LogP contribution in [-0.4, -0.2) is 0 Å². The van der Waals surface area contributed by atoms with Crippen LogP contribution in [0.25, 0.3) is 0 Å². The van der Waals surface area contributed by atoms with E-state index in [1.807, 2.05) is 0 Å². The van der Waals surface area contributed by atoms with Crippen molar-refractivity contribution in [3.8, 4) is 0 Å². The van der Waals surface area contributed by atoms with Crippen LogP contribution >= 0.6 is 0 Å². The van der Waals surface area contributed by atoms with Crippen molar-refractivity contribution in [2.24, 2.45) is 16.7 Å². The monoisotopic (exact) mass is 168 g/mol. The van der Waals surface area contributed by atoms with E-state index in [2.05, 4.69) is 34.6 Å². The largest absolute Gasteiger partial charge is 0.0654 e. The van der Waals surface area contributed by atoms with Crippen molar-refractivity contribution in [3.63, 3.8) is 0 Å². The Labute approximate surface area is 77.7 Å². The molecule has 0 heterocycles. The first-order valence-corrected chi connectivity index (χ1v) is 5.41. The predicted octanol–water partition coefficient (Wildman–Crippen LogP) is 4.25. The van der Waals surface area contributed by atoms with Crippen molar-refractivity contribution in [3.05, 3.63) is 0 Å². The predicted molar refractivity (Wildman–Crippen MR) is 55.2 cm³/mol. The fourth-order valence-corrected chi connectivity index (χ4v) is 3.23. The maximum Gasteiger partial charge on any atom is -0.0272 e. The van der Waals surface area contributed by atoms with Crippen LogP contribution in [0.3, 0.4) is 0 Å². The van der Waals surface area contributed by atoms with E-state index in [0.717, 1.165) is 5.92 Å². The van der Waals surface area contributed by atoms with Gasteiger partial charge >= 0.3 is 0 Å². The molecular weight excluding hydrogens is 144 g/mol. The summed E-state index contributed by atoms with van der Waals surface area (Å²) in [6.45, 7) is 12.1. The third kappa shape index (κ3) is 1.53. The molecule has 12 heavy (non-hydrogen) atoms. The van der Waals surface area contributed by atoms with Crippen LogP contribution in [0.15, 0.2) is 0 Å². The molecule has 0 aromatic heterocycles. The molecule has 1 saturated carbocycles. The van der Waals surface area contributed by atoms with Gasteiger partial charge in [-0.15, -0.1) is 0 Å². The van der Waals surface area contributed by atoms with Gasteiger partial charge in [0.15, 0.2) is 0 Å². The lowest BCUT2D eigenvalue weighted by molar-refractivity contribution is 0.118. The van der Waals surface area contributed by atoms with Crippen LogP contribution in [0, 0.1) is 16.7 Å². The molecule has 0 aromatic rings. The van der Waals surface area contributed by atoms with Gasteiger partial charge < -0.3 is 0 Å². The molecule has 1 fully saturated rings. The van der Waals surface area contributed by atoms with Gasteiger partial charge in [0, 0.05) is 0 Å². The summed E-state index contributed by atoms with van der Waals surface area (Å²) in [5.74, 6) is 0.941. The standard InChI is InChI=1S/C12H24/c1-6-7-12(5)9-10(2)8-11(12,3)4/h10H,6-9H2,1-5H3. The Balaban J connectivity index is 2.75. The molecule has 0 amide bonds. The second-order valence-corrected chi connectivity index (χ2v) is 5.71. The van der Waals surface area contributed by atoms with Gasteiger partial charge in [0.05, 0.1) is 0 Å². The van der Waals surface area contributed by atoms with Gasteiger partial charge in [-0.3, -0.25) is 0 Å². The lowest BCUT2D eigenvalue weighted by Crippen LogP contribution is -2.29. The Bertz CT molecular complexity index is 157. The van der Waals surface area contributed by atoms with Crippen LogP contribution in [0.5, 0.6) is 0 Å². The SMILES string of the molecule is CCCC1(C)CC(C)CC1(C)C. The number of hydrogen-bond acceptors (Lipinski definition) is 0. The highest BCUT2D eigenvalue weighted by atomic mass is 14.5. The highest BCUT2D eigenvalue weighted by molar-refractivity contribution is 4.97. The van der Waals surface area contributed by atoms with Gasteiger partial charge in [0.2, 0.25) is 0 Å². The summed E-state index contributed by atoms with van der Waals surface area (Å²) in [5, 5.41) is 0. The molecule has 0 saturated heterocycles. The maximum absolute atomic E-state index is 2.49. The van der Waals surface area contributed by atoms with Crippen LogP contribution in [0.1, 0.15) is 60.3 Å². The Morgan fingerprint density at radius 3 is 2.08 bits per heavy atom. The summed E-state index contributed by atoms with van der Waals surface area (Å²) >= 11 is 0. The van der Waals surface area contributed by atoms with Gasteiger partial charge in [-0.05, 0) is 36.0 Å². The Kier molecular flexibility index (Phi) is 2.56. The molecular formula is C12H24. The third-order valence-corrected chi connectivity index (χ3v) is 4.09. The lowest BCUT2D eigenvalue weighted by Gasteiger charge is -2.38. The molecule has 0 radical (unpaired) electrons. The second kappa shape index (κ2) is 3.05. The summed E-state index contributed by atoms with van der Waals surface area (Å²) in [4.78, 5) is 0. The van der Waals surface area contributed by atoms with Crippen LogP contribution in [-0.2, 0) is 0 Å². The van der Waals surface area contributed by atoms with Crippen LogP contribution in [0.2, 0.25) is 0 Å². The summed E-state index contributed by atoms with van der Waals surface area (Å²) in [5.41, 5.74) is 1.18. The minimum absolute atomic E-state index is 0.572. The molecule has 1 aliphatic rings. The van der Waals surface area contributed by atoms with Crippen molar-refractivity contribution in [2.45, 2.75) is 60.3 Å². The molecule has 0 N–H and O–H groups in total. The molecule has 0 bridgehead atoms. The molecule has 0 nitrogen and oxygen atoms in total. The highest BCUT2D eigenvalue weighted by Gasteiger charge is 2.46. The van der Waals surface area contributed by atoms with E-state index >= 15 is 0 Å². The van der Waals surface area contributed by atoms with Gasteiger partial charge in [0.25, 0.3) is 0 Å². The van der Waals surface area contributed by atoms with E-state index in [1.54, 1.807) is 0 Å². The van der Waals surface area contributed by atoms with E-state index in [0.29, 0.717) is 10.8 Å². The van der Waals surface area contributed by atoms with Crippen molar-refractivity contribution < 1.29 is 0 Å². The molecule has 0 heteroatoms. The summed E-state index contributed by atoms with van der Waals surface area (Å²) < 4.78 is 0. The van der Waals surface area contributed by atoms with E-state index in [4.69, 9.17) is 0 Å². The zero-order valence-corrected chi connectivity index (χ0v) is 9.41. The quantitative estimate of drug-likeness (QED) is 0.578. The Morgan fingerprint density at radius 1 is 1.17 bits per heavy atom. The Hall–Kier alpha value is 0. The number of hydrogen-bond donors (Lipinski definition) is 0. The first-order valence-electron chi connectivity index (χ1n) is 5.41. The highest BCUT2D eigenvalue weighted by Crippen LogP contribution is 2.56. The first kappa shape index (κ1) is 10.1.